The number of likely N-dealkylation sites (N-methyl/N-ethyl adjacent to an activating group) is 1. The highest BCUT2D eigenvalue weighted by Gasteiger charge is 2.31. The zero-order chi connectivity index (χ0) is 44.2. The van der Waals surface area contributed by atoms with E-state index in [1.165, 1.54) is 167 Å². The van der Waals surface area contributed by atoms with Crippen molar-refractivity contribution >= 4 is 17.9 Å². The van der Waals surface area contributed by atoms with Crippen molar-refractivity contribution in [1.29, 1.82) is 0 Å². The Morgan fingerprint density at radius 1 is 0.483 bits per heavy atom. The second-order valence-corrected chi connectivity index (χ2v) is 18.8. The van der Waals surface area contributed by atoms with Crippen molar-refractivity contribution in [3.05, 3.63) is 12.2 Å². The number of carboxylic acids is 1. The summed E-state index contributed by atoms with van der Waals surface area (Å²) >= 11 is 0. The van der Waals surface area contributed by atoms with Crippen molar-refractivity contribution in [3.8, 4) is 0 Å². The number of aliphatic carboxylic acids is 1. The molecule has 0 rings (SSSR count). The first-order chi connectivity index (χ1) is 29.1. The monoisotopic (exact) mass is 851 g/mol. The lowest BCUT2D eigenvalue weighted by Gasteiger charge is -2.31. The van der Waals surface area contributed by atoms with Gasteiger partial charge in [0.2, 0.25) is 0 Å². The third kappa shape index (κ3) is 41.4. The van der Waals surface area contributed by atoms with E-state index < -0.39 is 18.1 Å². The molecule has 2 atom stereocenters. The number of hydrogen-bond donors (Lipinski definition) is 1. The van der Waals surface area contributed by atoms with Crippen LogP contribution in [0.15, 0.2) is 12.2 Å². The van der Waals surface area contributed by atoms with E-state index in [0.717, 1.165) is 51.4 Å². The highest BCUT2D eigenvalue weighted by molar-refractivity contribution is 5.72. The highest BCUT2D eigenvalue weighted by atomic mass is 16.6. The summed E-state index contributed by atoms with van der Waals surface area (Å²) in [5.41, 5.74) is 0. The molecule has 0 saturated carbocycles. The molecule has 0 fully saturated rings. The summed E-state index contributed by atoms with van der Waals surface area (Å²) in [6.45, 7) is 4.77. The fourth-order valence-electron chi connectivity index (χ4n) is 7.91. The minimum Gasteiger partial charge on any atom is -0.477 e. The predicted octanol–water partition coefficient (Wildman–Crippen LogP) is 14.6. The largest absolute Gasteiger partial charge is 0.477 e. The van der Waals surface area contributed by atoms with Crippen LogP contribution in [0.4, 0.5) is 0 Å². The van der Waals surface area contributed by atoms with Crippen molar-refractivity contribution in [2.75, 3.05) is 41.0 Å². The number of quaternary nitrogens is 1. The van der Waals surface area contributed by atoms with Gasteiger partial charge in [-0.2, -0.15) is 0 Å². The van der Waals surface area contributed by atoms with Gasteiger partial charge in [-0.05, 0) is 38.5 Å². The normalized spacial score (nSPS) is 12.9. The van der Waals surface area contributed by atoms with Crippen LogP contribution in [0.5, 0.6) is 0 Å². The molecule has 8 nitrogen and oxygen atoms in total. The standard InChI is InChI=1S/C52H99NO7/c1-6-8-10-12-14-16-18-20-22-23-24-25-26-27-29-30-32-34-36-38-40-42-50(54)59-47-48(46-58-45-44-49(52(56)57)53(3,4)5)60-51(55)43-41-39-37-35-33-31-28-21-19-17-15-13-11-9-7-2/h21,28,48-49H,6-20,22-27,29-47H2,1-5H3/p+1/b28-21-. The summed E-state index contributed by atoms with van der Waals surface area (Å²) in [6, 6.07) is -0.612. The van der Waals surface area contributed by atoms with Crippen molar-refractivity contribution in [3.63, 3.8) is 0 Å². The Hall–Kier alpha value is -1.93. The van der Waals surface area contributed by atoms with Crippen LogP contribution in [0.2, 0.25) is 0 Å². The molecule has 8 heteroatoms. The van der Waals surface area contributed by atoms with Crippen molar-refractivity contribution in [1.82, 2.24) is 0 Å². The average molecular weight is 851 g/mol. The van der Waals surface area contributed by atoms with Crippen LogP contribution in [-0.4, -0.2) is 80.6 Å². The molecule has 0 spiro atoms. The Kier molecular flexibility index (Phi) is 42.3. The number of rotatable bonds is 47. The second kappa shape index (κ2) is 43.7. The maximum absolute atomic E-state index is 12.8. The third-order valence-corrected chi connectivity index (χ3v) is 11.9. The number of nitrogens with zero attached hydrogens (tertiary/aromatic N) is 1. The van der Waals surface area contributed by atoms with Crippen LogP contribution in [0.3, 0.4) is 0 Å². The van der Waals surface area contributed by atoms with E-state index in [0.29, 0.717) is 19.3 Å². The maximum atomic E-state index is 12.8. The van der Waals surface area contributed by atoms with Crippen LogP contribution in [-0.2, 0) is 28.6 Å². The fraction of sp³-hybridized carbons (Fsp3) is 0.904. The topological polar surface area (TPSA) is 99.1 Å². The van der Waals surface area contributed by atoms with Crippen LogP contribution in [0.1, 0.15) is 251 Å². The Morgan fingerprint density at radius 2 is 0.833 bits per heavy atom. The van der Waals surface area contributed by atoms with Crippen LogP contribution < -0.4 is 0 Å². The Balaban J connectivity index is 4.18. The van der Waals surface area contributed by atoms with Crippen molar-refractivity contribution in [2.24, 2.45) is 0 Å². The molecule has 0 aliphatic heterocycles. The number of hydrogen-bond acceptors (Lipinski definition) is 6. The van der Waals surface area contributed by atoms with Gasteiger partial charge < -0.3 is 23.8 Å². The zero-order valence-electron chi connectivity index (χ0n) is 40.4. The number of carboxylic acid groups (broad SMARTS) is 1. The van der Waals surface area contributed by atoms with Crippen molar-refractivity contribution in [2.45, 2.75) is 264 Å². The van der Waals surface area contributed by atoms with Crippen LogP contribution in [0, 0.1) is 0 Å². The van der Waals surface area contributed by atoms with E-state index in [9.17, 15) is 19.5 Å². The van der Waals surface area contributed by atoms with Gasteiger partial charge in [-0.25, -0.2) is 4.79 Å². The highest BCUT2D eigenvalue weighted by Crippen LogP contribution is 2.17. The number of ether oxygens (including phenoxy) is 3. The predicted molar refractivity (Wildman–Crippen MR) is 252 cm³/mol. The quantitative estimate of drug-likeness (QED) is 0.0282. The maximum Gasteiger partial charge on any atom is 0.362 e. The van der Waals surface area contributed by atoms with E-state index >= 15 is 0 Å². The summed E-state index contributed by atoms with van der Waals surface area (Å²) < 4.78 is 17.4. The summed E-state index contributed by atoms with van der Waals surface area (Å²) in [7, 11) is 5.54. The average Bonchev–Trinajstić information content (AvgIpc) is 3.21. The Bertz CT molecular complexity index is 993. The van der Waals surface area contributed by atoms with Gasteiger partial charge in [0, 0.05) is 19.3 Å². The molecule has 1 N–H and O–H groups in total. The van der Waals surface area contributed by atoms with Gasteiger partial charge in [-0.15, -0.1) is 0 Å². The van der Waals surface area contributed by atoms with Gasteiger partial charge in [0.15, 0.2) is 12.1 Å². The minimum absolute atomic E-state index is 0.0477. The second-order valence-electron chi connectivity index (χ2n) is 18.8. The molecule has 0 aliphatic carbocycles. The van der Waals surface area contributed by atoms with E-state index in [1.807, 2.05) is 21.1 Å². The summed E-state index contributed by atoms with van der Waals surface area (Å²) in [6.07, 6.45) is 48.3. The molecule has 0 saturated heterocycles. The molecule has 0 aliphatic rings. The summed E-state index contributed by atoms with van der Waals surface area (Å²) in [5.74, 6) is -1.46. The lowest BCUT2D eigenvalue weighted by molar-refractivity contribution is -0.887. The van der Waals surface area contributed by atoms with Gasteiger partial charge in [0.25, 0.3) is 0 Å². The van der Waals surface area contributed by atoms with E-state index in [1.54, 1.807) is 0 Å². The first kappa shape index (κ1) is 58.1. The third-order valence-electron chi connectivity index (χ3n) is 11.9. The fourth-order valence-corrected chi connectivity index (χ4v) is 7.91. The summed E-state index contributed by atoms with van der Waals surface area (Å²) in [5, 5.41) is 9.64. The molecule has 0 aromatic carbocycles. The molecular formula is C52H100NO7+. The Labute approximate surface area is 371 Å². The first-order valence-corrected chi connectivity index (χ1v) is 25.7. The Morgan fingerprint density at radius 3 is 1.20 bits per heavy atom. The smallest absolute Gasteiger partial charge is 0.362 e. The van der Waals surface area contributed by atoms with Crippen LogP contribution >= 0.6 is 0 Å². The van der Waals surface area contributed by atoms with Gasteiger partial charge >= 0.3 is 17.9 Å². The number of carbonyl (C=O) groups is 3. The van der Waals surface area contributed by atoms with E-state index in [-0.39, 0.29) is 36.2 Å². The number of allylic oxidation sites excluding steroid dienone is 2. The SMILES string of the molecule is CCCCCCCC/C=C\CCCCCCCC(=O)OC(COCCC(C(=O)O)[N+](C)(C)C)COC(=O)CCCCCCCCCCCCCCCCCCCCCCC. The molecule has 354 valence electrons. The first-order valence-electron chi connectivity index (χ1n) is 25.7. The number of carbonyl (C=O) groups excluding carboxylic acids is 2. The molecule has 0 aromatic heterocycles. The molecule has 0 heterocycles. The van der Waals surface area contributed by atoms with Gasteiger partial charge in [-0.1, -0.05) is 206 Å². The van der Waals surface area contributed by atoms with E-state index in [4.69, 9.17) is 14.2 Å². The number of unbranched alkanes of at least 4 members (excludes halogenated alkanes) is 31. The lowest BCUT2D eigenvalue weighted by atomic mass is 10.0. The molecule has 0 aromatic rings. The molecule has 0 bridgehead atoms. The molecular weight excluding hydrogens is 751 g/mol. The molecule has 2 unspecified atom stereocenters. The van der Waals surface area contributed by atoms with Gasteiger partial charge in [0.1, 0.15) is 6.61 Å². The van der Waals surface area contributed by atoms with Crippen LogP contribution in [0.25, 0.3) is 0 Å². The van der Waals surface area contributed by atoms with Crippen molar-refractivity contribution < 1.29 is 38.2 Å². The summed E-state index contributed by atoms with van der Waals surface area (Å²) in [4.78, 5) is 37.1. The zero-order valence-corrected chi connectivity index (χ0v) is 40.4. The lowest BCUT2D eigenvalue weighted by Crippen LogP contribution is -2.50. The van der Waals surface area contributed by atoms with E-state index in [2.05, 4.69) is 26.0 Å². The molecule has 60 heavy (non-hydrogen) atoms. The van der Waals surface area contributed by atoms with Gasteiger partial charge in [0.05, 0.1) is 34.4 Å². The molecule has 0 radical (unpaired) electrons. The minimum atomic E-state index is -0.872. The molecule has 0 amide bonds. The number of esters is 2. The van der Waals surface area contributed by atoms with Gasteiger partial charge in [-0.3, -0.25) is 9.59 Å².